The number of amides is 2. The van der Waals surface area contributed by atoms with Gasteiger partial charge in [0.05, 0.1) is 10.6 Å². The highest BCUT2D eigenvalue weighted by Gasteiger charge is 2.34. The third-order valence-electron chi connectivity index (χ3n) is 6.65. The zero-order valence-corrected chi connectivity index (χ0v) is 24.3. The van der Waals surface area contributed by atoms with Crippen molar-refractivity contribution >= 4 is 27.5 Å². The summed E-state index contributed by atoms with van der Waals surface area (Å²) < 4.78 is 29.2. The van der Waals surface area contributed by atoms with Crippen molar-refractivity contribution in [3.05, 3.63) is 95.1 Å². The number of carbonyl (C=O) groups excluding carboxylic acids is 2. The zero-order valence-electron chi connectivity index (χ0n) is 23.5. The van der Waals surface area contributed by atoms with Crippen molar-refractivity contribution in [1.29, 1.82) is 0 Å². The smallest absolute Gasteiger partial charge is 0.264 e. The van der Waals surface area contributed by atoms with Crippen molar-refractivity contribution in [1.82, 2.24) is 10.2 Å². The summed E-state index contributed by atoms with van der Waals surface area (Å²) in [5.74, 6) is -0.697. The molecule has 0 fully saturated rings. The number of benzene rings is 3. The summed E-state index contributed by atoms with van der Waals surface area (Å²) >= 11 is 0. The standard InChI is InChI=1S/C31H39N3O4S/c1-6-19-32-31(36)28(7-2)33(21-26-11-9-8-10-12-26)30(35)22-34(29-20-24(4)13-16-25(29)5)39(37,38)27-17-14-23(3)15-18-27/h8-18,20,28H,6-7,19,21-22H2,1-5H3,(H,32,36)/t28-/m0/s1. The van der Waals surface area contributed by atoms with E-state index in [9.17, 15) is 18.0 Å². The summed E-state index contributed by atoms with van der Waals surface area (Å²) in [6.45, 7) is 9.66. The van der Waals surface area contributed by atoms with Crippen molar-refractivity contribution in [2.75, 3.05) is 17.4 Å². The molecule has 1 N–H and O–H groups in total. The van der Waals surface area contributed by atoms with Crippen LogP contribution in [0, 0.1) is 20.8 Å². The van der Waals surface area contributed by atoms with Crippen molar-refractivity contribution < 1.29 is 18.0 Å². The molecule has 3 aromatic rings. The number of hydrogen-bond acceptors (Lipinski definition) is 4. The van der Waals surface area contributed by atoms with E-state index in [0.29, 0.717) is 18.7 Å². The summed E-state index contributed by atoms with van der Waals surface area (Å²) in [4.78, 5) is 28.8. The number of rotatable bonds is 12. The maximum absolute atomic E-state index is 14.1. The average molecular weight is 550 g/mol. The van der Waals surface area contributed by atoms with Crippen LogP contribution >= 0.6 is 0 Å². The molecule has 39 heavy (non-hydrogen) atoms. The fraction of sp³-hybridized carbons (Fsp3) is 0.355. The van der Waals surface area contributed by atoms with E-state index in [1.807, 2.05) is 77.1 Å². The molecule has 0 unspecified atom stereocenters. The quantitative estimate of drug-likeness (QED) is 0.339. The van der Waals surface area contributed by atoms with Gasteiger partial charge in [0.1, 0.15) is 12.6 Å². The van der Waals surface area contributed by atoms with Gasteiger partial charge in [-0.05, 0) is 68.5 Å². The molecular weight excluding hydrogens is 510 g/mol. The molecule has 3 aromatic carbocycles. The van der Waals surface area contributed by atoms with Gasteiger partial charge in [0.25, 0.3) is 10.0 Å². The molecule has 2 amide bonds. The number of nitrogens with one attached hydrogen (secondary N) is 1. The second kappa shape index (κ2) is 13.4. The molecule has 0 bridgehead atoms. The Balaban J connectivity index is 2.08. The van der Waals surface area contributed by atoms with E-state index < -0.39 is 28.5 Å². The van der Waals surface area contributed by atoms with E-state index in [-0.39, 0.29) is 17.3 Å². The Morgan fingerprint density at radius 1 is 0.872 bits per heavy atom. The number of sulfonamides is 1. The lowest BCUT2D eigenvalue weighted by Gasteiger charge is -2.33. The molecule has 3 rings (SSSR count). The fourth-order valence-corrected chi connectivity index (χ4v) is 5.88. The molecule has 8 heteroatoms. The largest absolute Gasteiger partial charge is 0.354 e. The predicted molar refractivity (Wildman–Crippen MR) is 156 cm³/mol. The van der Waals surface area contributed by atoms with Gasteiger partial charge in [-0.25, -0.2) is 8.42 Å². The first kappa shape index (κ1) is 29.9. The number of hydrogen-bond donors (Lipinski definition) is 1. The SMILES string of the molecule is CCCNC(=O)[C@H](CC)N(Cc1ccccc1)C(=O)CN(c1cc(C)ccc1C)S(=O)(=O)c1ccc(C)cc1. The number of anilines is 1. The van der Waals surface area contributed by atoms with E-state index in [1.165, 1.54) is 9.21 Å². The van der Waals surface area contributed by atoms with Gasteiger partial charge in [0, 0.05) is 13.1 Å². The first-order valence-corrected chi connectivity index (χ1v) is 14.8. The summed E-state index contributed by atoms with van der Waals surface area (Å²) in [6.07, 6.45) is 1.16. The molecule has 0 aliphatic heterocycles. The van der Waals surface area contributed by atoms with Crippen LogP contribution in [0.2, 0.25) is 0 Å². The van der Waals surface area contributed by atoms with Crippen LogP contribution in [0.3, 0.4) is 0 Å². The molecule has 0 aromatic heterocycles. The normalized spacial score (nSPS) is 12.0. The number of nitrogens with zero attached hydrogens (tertiary/aromatic N) is 2. The second-order valence-corrected chi connectivity index (χ2v) is 11.7. The van der Waals surface area contributed by atoms with Crippen LogP contribution < -0.4 is 9.62 Å². The summed E-state index contributed by atoms with van der Waals surface area (Å²) in [7, 11) is -4.09. The van der Waals surface area contributed by atoms with Crippen molar-refractivity contribution in [3.8, 4) is 0 Å². The topological polar surface area (TPSA) is 86.8 Å². The molecule has 1 atom stereocenters. The van der Waals surface area contributed by atoms with Gasteiger partial charge in [0.15, 0.2) is 0 Å². The van der Waals surface area contributed by atoms with Gasteiger partial charge in [-0.3, -0.25) is 13.9 Å². The van der Waals surface area contributed by atoms with E-state index in [1.54, 1.807) is 30.3 Å². The van der Waals surface area contributed by atoms with Gasteiger partial charge in [-0.15, -0.1) is 0 Å². The van der Waals surface area contributed by atoms with Gasteiger partial charge in [-0.2, -0.15) is 0 Å². The molecule has 0 radical (unpaired) electrons. The van der Waals surface area contributed by atoms with Crippen LogP contribution in [0.25, 0.3) is 0 Å². The summed E-state index contributed by atoms with van der Waals surface area (Å²) in [5, 5.41) is 2.90. The lowest BCUT2D eigenvalue weighted by atomic mass is 10.1. The van der Waals surface area contributed by atoms with Crippen LogP contribution in [-0.2, 0) is 26.2 Å². The van der Waals surface area contributed by atoms with E-state index in [2.05, 4.69) is 5.32 Å². The van der Waals surface area contributed by atoms with E-state index in [4.69, 9.17) is 0 Å². The lowest BCUT2D eigenvalue weighted by molar-refractivity contribution is -0.140. The number of aryl methyl sites for hydroxylation is 3. The summed E-state index contributed by atoms with van der Waals surface area (Å²) in [5.41, 5.74) is 3.82. The molecule has 0 aliphatic carbocycles. The molecule has 0 heterocycles. The minimum absolute atomic E-state index is 0.101. The highest BCUT2D eigenvalue weighted by Crippen LogP contribution is 2.29. The fourth-order valence-electron chi connectivity index (χ4n) is 4.40. The first-order chi connectivity index (χ1) is 18.6. The average Bonchev–Trinajstić information content (AvgIpc) is 2.92. The van der Waals surface area contributed by atoms with Crippen LogP contribution in [0.5, 0.6) is 0 Å². The predicted octanol–water partition coefficient (Wildman–Crippen LogP) is 5.14. The zero-order chi connectivity index (χ0) is 28.6. The van der Waals surface area contributed by atoms with Crippen LogP contribution in [0.4, 0.5) is 5.69 Å². The minimum atomic E-state index is -4.09. The third kappa shape index (κ3) is 7.47. The van der Waals surface area contributed by atoms with Crippen LogP contribution in [-0.4, -0.2) is 44.3 Å². The Kier molecular flexibility index (Phi) is 10.3. The Bertz CT molecular complexity index is 1370. The van der Waals surface area contributed by atoms with Crippen LogP contribution in [0.1, 0.15) is 48.9 Å². The Labute approximate surface area is 232 Å². The van der Waals surface area contributed by atoms with Gasteiger partial charge < -0.3 is 10.2 Å². The number of carbonyl (C=O) groups is 2. The second-order valence-electron chi connectivity index (χ2n) is 9.84. The minimum Gasteiger partial charge on any atom is -0.354 e. The van der Waals surface area contributed by atoms with E-state index >= 15 is 0 Å². The van der Waals surface area contributed by atoms with Crippen molar-refractivity contribution in [3.63, 3.8) is 0 Å². The Morgan fingerprint density at radius 2 is 1.51 bits per heavy atom. The summed E-state index contributed by atoms with van der Waals surface area (Å²) in [6, 6.07) is 20.8. The van der Waals surface area contributed by atoms with Gasteiger partial charge in [-0.1, -0.05) is 74.0 Å². The molecule has 208 valence electrons. The highest BCUT2D eigenvalue weighted by atomic mass is 32.2. The maximum Gasteiger partial charge on any atom is 0.264 e. The molecule has 0 aliphatic rings. The van der Waals surface area contributed by atoms with Crippen molar-refractivity contribution in [2.45, 2.75) is 64.9 Å². The molecule has 0 saturated carbocycles. The van der Waals surface area contributed by atoms with Crippen molar-refractivity contribution in [2.24, 2.45) is 0 Å². The first-order valence-electron chi connectivity index (χ1n) is 13.4. The highest BCUT2D eigenvalue weighted by molar-refractivity contribution is 7.92. The van der Waals surface area contributed by atoms with E-state index in [0.717, 1.165) is 28.7 Å². The Hall–Kier alpha value is -3.65. The molecular formula is C31H39N3O4S. The molecule has 7 nitrogen and oxygen atoms in total. The Morgan fingerprint density at radius 3 is 2.13 bits per heavy atom. The molecule has 0 spiro atoms. The van der Waals surface area contributed by atoms with Crippen LogP contribution in [0.15, 0.2) is 77.7 Å². The van der Waals surface area contributed by atoms with Gasteiger partial charge in [0.2, 0.25) is 11.8 Å². The monoisotopic (exact) mass is 549 g/mol. The third-order valence-corrected chi connectivity index (χ3v) is 8.43. The van der Waals surface area contributed by atoms with Gasteiger partial charge >= 0.3 is 0 Å². The maximum atomic E-state index is 14.1. The lowest BCUT2D eigenvalue weighted by Crippen LogP contribution is -2.52. The molecule has 0 saturated heterocycles.